The van der Waals surface area contributed by atoms with Crippen molar-refractivity contribution in [3.05, 3.63) is 60.8 Å². The Morgan fingerprint density at radius 1 is 1.20 bits per heavy atom. The maximum absolute atomic E-state index is 13.7. The van der Waals surface area contributed by atoms with Crippen LogP contribution in [0.25, 0.3) is 10.2 Å². The van der Waals surface area contributed by atoms with Gasteiger partial charge in [-0.25, -0.2) is 4.98 Å². The number of nitrogens with one attached hydrogen (secondary N) is 1. The number of hydrogen-bond acceptors (Lipinski definition) is 6. The van der Waals surface area contributed by atoms with E-state index in [1.165, 1.54) is 7.11 Å². The van der Waals surface area contributed by atoms with E-state index >= 15 is 0 Å². The quantitative estimate of drug-likeness (QED) is 0.628. The number of carbonyl (C=O) groups is 1. The molecule has 1 aliphatic heterocycles. The lowest BCUT2D eigenvalue weighted by molar-refractivity contribution is -0.119. The molecule has 1 aliphatic rings. The number of fused-ring (bicyclic) bond motifs is 1. The number of thiazole rings is 1. The summed E-state index contributed by atoms with van der Waals surface area (Å²) in [6.45, 7) is 3.67. The summed E-state index contributed by atoms with van der Waals surface area (Å²) in [5, 5.41) is 7.13. The van der Waals surface area contributed by atoms with Gasteiger partial charge in [-0.3, -0.25) is 4.79 Å². The van der Waals surface area contributed by atoms with E-state index in [0.717, 1.165) is 16.0 Å². The van der Waals surface area contributed by atoms with E-state index < -0.39 is 23.7 Å². The zero-order chi connectivity index (χ0) is 21.5. The van der Waals surface area contributed by atoms with Gasteiger partial charge >= 0.3 is 6.18 Å². The predicted molar refractivity (Wildman–Crippen MR) is 110 cm³/mol. The summed E-state index contributed by atoms with van der Waals surface area (Å²) in [6, 6.07) is 13.5. The molecule has 0 saturated carbocycles. The first-order valence-electron chi connectivity index (χ1n) is 8.73. The fraction of sp³-hybridized carbons (Fsp3) is 0.150. The van der Waals surface area contributed by atoms with E-state index in [9.17, 15) is 18.0 Å². The van der Waals surface area contributed by atoms with Crippen LogP contribution in [0.3, 0.4) is 0 Å². The van der Waals surface area contributed by atoms with Crippen molar-refractivity contribution in [1.82, 2.24) is 4.98 Å². The number of hydrazone groups is 1. The molecule has 1 atom stereocenters. The molecule has 0 radical (unpaired) electrons. The molecule has 1 aromatic heterocycles. The standard InChI is InChI=1S/C20H15F3N4O2S/c1-11(24-12-7-9-13(29-2)10-8-12)16-17(20(21,22)23)26-27(18(16)28)19-25-14-5-3-4-6-15(14)30-19/h3-10,16,24H,1H2,2H3/t16-/m0/s1. The number of para-hydroxylation sites is 1. The summed E-state index contributed by atoms with van der Waals surface area (Å²) >= 11 is 1.09. The van der Waals surface area contributed by atoms with Gasteiger partial charge in [0, 0.05) is 11.4 Å². The van der Waals surface area contributed by atoms with Gasteiger partial charge in [0.1, 0.15) is 11.7 Å². The first kappa shape index (κ1) is 19.9. The highest BCUT2D eigenvalue weighted by atomic mass is 32.1. The molecule has 6 nitrogen and oxygen atoms in total. The van der Waals surface area contributed by atoms with Crippen LogP contribution in [0.5, 0.6) is 5.75 Å². The highest BCUT2D eigenvalue weighted by molar-refractivity contribution is 7.22. The van der Waals surface area contributed by atoms with Gasteiger partial charge in [-0.1, -0.05) is 30.0 Å². The number of anilines is 2. The molecule has 0 aliphatic carbocycles. The number of ether oxygens (including phenoxy) is 1. The number of carbonyl (C=O) groups excluding carboxylic acids is 1. The predicted octanol–water partition coefficient (Wildman–Crippen LogP) is 4.81. The molecule has 4 rings (SSSR count). The molecule has 154 valence electrons. The summed E-state index contributed by atoms with van der Waals surface area (Å²) in [7, 11) is 1.50. The van der Waals surface area contributed by atoms with Gasteiger partial charge in [-0.15, -0.1) is 0 Å². The normalized spacial score (nSPS) is 16.7. The van der Waals surface area contributed by atoms with Gasteiger partial charge in [0.2, 0.25) is 5.13 Å². The molecule has 0 spiro atoms. The van der Waals surface area contributed by atoms with E-state index in [4.69, 9.17) is 4.74 Å². The van der Waals surface area contributed by atoms with Gasteiger partial charge in [0.05, 0.1) is 17.3 Å². The minimum atomic E-state index is -4.81. The van der Waals surface area contributed by atoms with Crippen LogP contribution in [0.2, 0.25) is 0 Å². The van der Waals surface area contributed by atoms with Crippen molar-refractivity contribution in [1.29, 1.82) is 0 Å². The largest absolute Gasteiger partial charge is 0.497 e. The van der Waals surface area contributed by atoms with Crippen LogP contribution in [0, 0.1) is 5.92 Å². The van der Waals surface area contributed by atoms with E-state index in [1.807, 2.05) is 0 Å². The maximum atomic E-state index is 13.7. The van der Waals surface area contributed by atoms with Crippen LogP contribution in [-0.4, -0.2) is 29.9 Å². The Balaban J connectivity index is 1.65. The topological polar surface area (TPSA) is 66.8 Å². The van der Waals surface area contributed by atoms with Crippen LogP contribution in [0.4, 0.5) is 24.0 Å². The average molecular weight is 432 g/mol. The van der Waals surface area contributed by atoms with Gasteiger partial charge in [-0.2, -0.15) is 23.3 Å². The summed E-state index contributed by atoms with van der Waals surface area (Å²) in [6.07, 6.45) is -4.81. The van der Waals surface area contributed by atoms with Gasteiger partial charge in [-0.05, 0) is 36.4 Å². The highest BCUT2D eigenvalue weighted by Gasteiger charge is 2.52. The van der Waals surface area contributed by atoms with E-state index in [-0.39, 0.29) is 10.8 Å². The van der Waals surface area contributed by atoms with Gasteiger partial charge in [0.25, 0.3) is 5.91 Å². The minimum absolute atomic E-state index is 0.0719. The molecule has 1 amide bonds. The third kappa shape index (κ3) is 3.61. The van der Waals surface area contributed by atoms with E-state index in [0.29, 0.717) is 22.0 Å². The Kier molecular flexibility index (Phi) is 4.94. The zero-order valence-corrected chi connectivity index (χ0v) is 16.4. The number of nitrogens with zero attached hydrogens (tertiary/aromatic N) is 3. The lowest BCUT2D eigenvalue weighted by Crippen LogP contribution is -2.36. The van der Waals surface area contributed by atoms with E-state index in [2.05, 4.69) is 22.0 Å². The lowest BCUT2D eigenvalue weighted by Gasteiger charge is -2.18. The molecular weight excluding hydrogens is 417 g/mol. The molecule has 0 saturated heterocycles. The van der Waals surface area contributed by atoms with Crippen molar-refractivity contribution in [2.24, 2.45) is 11.0 Å². The van der Waals surface area contributed by atoms with Crippen molar-refractivity contribution in [3.8, 4) is 5.75 Å². The second-order valence-corrected chi connectivity index (χ2v) is 7.42. The number of alkyl halides is 3. The average Bonchev–Trinajstić information content (AvgIpc) is 3.29. The smallest absolute Gasteiger partial charge is 0.432 e. The van der Waals surface area contributed by atoms with Crippen LogP contribution >= 0.6 is 11.3 Å². The van der Waals surface area contributed by atoms with Gasteiger partial charge < -0.3 is 10.1 Å². The number of methoxy groups -OCH3 is 1. The summed E-state index contributed by atoms with van der Waals surface area (Å²) in [4.78, 5) is 17.2. The number of aromatic nitrogens is 1. The number of halogens is 3. The SMILES string of the molecule is C=C(Nc1ccc(OC)cc1)[C@@H]1C(=O)N(c2nc3ccccc3s2)N=C1C(F)(F)F. The molecule has 3 aromatic rings. The Hall–Kier alpha value is -3.40. The molecule has 2 heterocycles. The molecule has 0 bridgehead atoms. The lowest BCUT2D eigenvalue weighted by atomic mass is 9.99. The molecule has 1 N–H and O–H groups in total. The number of rotatable bonds is 5. The van der Waals surface area contributed by atoms with Crippen molar-refractivity contribution in [2.75, 3.05) is 17.4 Å². The highest BCUT2D eigenvalue weighted by Crippen LogP contribution is 2.38. The number of benzene rings is 2. The number of amides is 1. The fourth-order valence-electron chi connectivity index (χ4n) is 3.01. The Labute approximate surface area is 173 Å². The second-order valence-electron chi connectivity index (χ2n) is 6.41. The summed E-state index contributed by atoms with van der Waals surface area (Å²) in [5.41, 5.74) is -0.330. The van der Waals surface area contributed by atoms with Crippen LogP contribution in [0.1, 0.15) is 0 Å². The third-order valence-electron chi connectivity index (χ3n) is 4.43. The zero-order valence-electron chi connectivity index (χ0n) is 15.6. The van der Waals surface area contributed by atoms with Crippen molar-refractivity contribution in [2.45, 2.75) is 6.18 Å². The molecule has 0 fully saturated rings. The third-order valence-corrected chi connectivity index (χ3v) is 5.45. The Bertz CT molecular complexity index is 1120. The summed E-state index contributed by atoms with van der Waals surface area (Å²) in [5.74, 6) is -1.98. The summed E-state index contributed by atoms with van der Waals surface area (Å²) < 4.78 is 46.8. The first-order valence-corrected chi connectivity index (χ1v) is 9.54. The van der Waals surface area contributed by atoms with Gasteiger partial charge in [0.15, 0.2) is 5.71 Å². The van der Waals surface area contributed by atoms with Crippen molar-refractivity contribution in [3.63, 3.8) is 0 Å². The van der Waals surface area contributed by atoms with Crippen LogP contribution in [0.15, 0.2) is 65.9 Å². The Morgan fingerprint density at radius 3 is 2.53 bits per heavy atom. The van der Waals surface area contributed by atoms with Crippen LogP contribution < -0.4 is 15.1 Å². The molecular formula is C20H15F3N4O2S. The monoisotopic (exact) mass is 432 g/mol. The Morgan fingerprint density at radius 2 is 1.90 bits per heavy atom. The van der Waals surface area contributed by atoms with Crippen LogP contribution in [-0.2, 0) is 4.79 Å². The first-order chi connectivity index (χ1) is 14.3. The molecule has 0 unspecified atom stereocenters. The number of hydrogen-bond donors (Lipinski definition) is 1. The fourth-order valence-corrected chi connectivity index (χ4v) is 3.93. The van der Waals surface area contributed by atoms with Crippen molar-refractivity contribution >= 4 is 44.0 Å². The second kappa shape index (κ2) is 7.45. The minimum Gasteiger partial charge on any atom is -0.497 e. The molecule has 30 heavy (non-hydrogen) atoms. The molecule has 10 heteroatoms. The van der Waals surface area contributed by atoms with E-state index in [1.54, 1.807) is 48.5 Å². The maximum Gasteiger partial charge on any atom is 0.432 e. The molecule has 2 aromatic carbocycles. The van der Waals surface area contributed by atoms with Crippen molar-refractivity contribution < 1.29 is 22.7 Å².